The Hall–Kier alpha value is -1.49. The number of amides is 1. The quantitative estimate of drug-likeness (QED) is 0.633. The number of carbonyl (C=O) groups is 1. The fourth-order valence-electron chi connectivity index (χ4n) is 2.50. The van der Waals surface area contributed by atoms with Crippen LogP contribution in [0.25, 0.3) is 0 Å². The number of anilines is 2. The molecule has 1 heterocycles. The molecule has 2 atom stereocenters. The van der Waals surface area contributed by atoms with E-state index >= 15 is 0 Å². The number of rotatable bonds is 7. The van der Waals surface area contributed by atoms with Crippen LogP contribution in [0.3, 0.4) is 0 Å². The number of ether oxygens (including phenoxy) is 1. The Kier molecular flexibility index (Phi) is 8.19. The molecule has 1 aliphatic rings. The molecule has 0 unspecified atom stereocenters. The zero-order valence-corrected chi connectivity index (χ0v) is 15.8. The highest BCUT2D eigenvalue weighted by Crippen LogP contribution is 2.26. The van der Waals surface area contributed by atoms with E-state index in [2.05, 4.69) is 5.32 Å². The maximum atomic E-state index is 13.9. The summed E-state index contributed by atoms with van der Waals surface area (Å²) in [5.41, 5.74) is 4.70. The number of hydrogen-bond acceptors (Lipinski definition) is 5. The van der Waals surface area contributed by atoms with Crippen molar-refractivity contribution in [3.63, 3.8) is 0 Å². The maximum Gasteiger partial charge on any atom is 0.253 e. The predicted octanol–water partition coefficient (Wildman–Crippen LogP) is 1.98. The molecule has 1 saturated heterocycles. The normalized spacial score (nSPS) is 19.7. The minimum atomic E-state index is -3.76. The molecule has 1 amide bonds. The van der Waals surface area contributed by atoms with Gasteiger partial charge < -0.3 is 15.8 Å². The van der Waals surface area contributed by atoms with Gasteiger partial charge in [0.25, 0.3) is 5.91 Å². The first-order valence-electron chi connectivity index (χ1n) is 7.91. The van der Waals surface area contributed by atoms with Crippen molar-refractivity contribution in [2.45, 2.75) is 38.4 Å². The lowest BCUT2D eigenvalue weighted by molar-refractivity contribution is -0.126. The molecule has 1 aromatic carbocycles. The average Bonchev–Trinajstić information content (AvgIpc) is 3.00. The number of halogens is 3. The number of carbonyl (C=O) groups excluding carboxylic acids is 1. The second-order valence-corrected chi connectivity index (χ2v) is 7.62. The molecule has 0 saturated carbocycles. The summed E-state index contributed by atoms with van der Waals surface area (Å²) < 4.78 is 58.7. The molecular weight excluding hydrogens is 392 g/mol. The highest BCUT2D eigenvalue weighted by molar-refractivity contribution is 7.92. The van der Waals surface area contributed by atoms with E-state index < -0.39 is 39.4 Å². The summed E-state index contributed by atoms with van der Waals surface area (Å²) in [5.74, 6) is -2.89. The first kappa shape index (κ1) is 22.6. The molecule has 0 aliphatic carbocycles. The van der Waals surface area contributed by atoms with Crippen molar-refractivity contribution in [3.05, 3.63) is 23.8 Å². The number of hydrogen-bond donors (Lipinski definition) is 3. The smallest absolute Gasteiger partial charge is 0.253 e. The van der Waals surface area contributed by atoms with Crippen LogP contribution in [-0.4, -0.2) is 38.8 Å². The molecule has 148 valence electrons. The summed E-state index contributed by atoms with van der Waals surface area (Å²) in [6.07, 6.45) is 0.376. The van der Waals surface area contributed by atoms with Crippen LogP contribution in [0.15, 0.2) is 12.1 Å². The van der Waals surface area contributed by atoms with Crippen LogP contribution in [0.1, 0.15) is 26.2 Å². The van der Waals surface area contributed by atoms with Gasteiger partial charge in [0.05, 0.1) is 23.2 Å². The summed E-state index contributed by atoms with van der Waals surface area (Å²) in [6, 6.07) is 1.42. The molecule has 0 radical (unpaired) electrons. The third kappa shape index (κ3) is 5.76. The van der Waals surface area contributed by atoms with Crippen LogP contribution in [0.5, 0.6) is 0 Å². The van der Waals surface area contributed by atoms with E-state index in [-0.39, 0.29) is 36.5 Å². The number of benzene rings is 1. The highest BCUT2D eigenvalue weighted by Gasteiger charge is 2.30. The van der Waals surface area contributed by atoms with E-state index in [1.165, 1.54) is 0 Å². The minimum Gasteiger partial charge on any atom is -0.364 e. The zero-order chi connectivity index (χ0) is 18.6. The zero-order valence-electron chi connectivity index (χ0n) is 14.1. The van der Waals surface area contributed by atoms with E-state index in [4.69, 9.17) is 10.5 Å². The summed E-state index contributed by atoms with van der Waals surface area (Å²) in [4.78, 5) is 12.1. The molecule has 1 fully saturated rings. The molecule has 0 aromatic heterocycles. The molecule has 0 bridgehead atoms. The number of nitrogens with two attached hydrogens (primary N) is 1. The van der Waals surface area contributed by atoms with Crippen molar-refractivity contribution < 1.29 is 26.7 Å². The molecule has 4 N–H and O–H groups in total. The molecule has 1 aromatic rings. The Morgan fingerprint density at radius 3 is 2.50 bits per heavy atom. The lowest BCUT2D eigenvalue weighted by atomic mass is 10.2. The third-order valence-corrected chi connectivity index (χ3v) is 5.19. The monoisotopic (exact) mass is 413 g/mol. The fourth-order valence-corrected chi connectivity index (χ4v) is 3.63. The van der Waals surface area contributed by atoms with Crippen molar-refractivity contribution in [2.75, 3.05) is 22.3 Å². The molecule has 1 aliphatic heterocycles. The van der Waals surface area contributed by atoms with E-state index in [1.807, 2.05) is 4.72 Å². The van der Waals surface area contributed by atoms with Gasteiger partial charge in [-0.2, -0.15) is 0 Å². The Morgan fingerprint density at radius 1 is 1.27 bits per heavy atom. The Labute approximate surface area is 157 Å². The van der Waals surface area contributed by atoms with Crippen molar-refractivity contribution in [2.24, 2.45) is 5.73 Å². The predicted molar refractivity (Wildman–Crippen MR) is 96.9 cm³/mol. The van der Waals surface area contributed by atoms with Crippen LogP contribution >= 0.6 is 12.4 Å². The summed E-state index contributed by atoms with van der Waals surface area (Å²) >= 11 is 0. The van der Waals surface area contributed by atoms with Gasteiger partial charge in [-0.3, -0.25) is 9.52 Å². The van der Waals surface area contributed by atoms with Gasteiger partial charge in [-0.05, 0) is 25.3 Å². The van der Waals surface area contributed by atoms with E-state index in [0.717, 1.165) is 6.07 Å². The van der Waals surface area contributed by atoms with Crippen molar-refractivity contribution >= 4 is 39.7 Å². The average molecular weight is 414 g/mol. The Balaban J connectivity index is 0.00000338. The van der Waals surface area contributed by atoms with Gasteiger partial charge in [0.1, 0.15) is 17.7 Å². The fraction of sp³-hybridized carbons (Fsp3) is 0.533. The van der Waals surface area contributed by atoms with Crippen LogP contribution < -0.4 is 15.8 Å². The van der Waals surface area contributed by atoms with Gasteiger partial charge in [-0.15, -0.1) is 12.4 Å². The van der Waals surface area contributed by atoms with Gasteiger partial charge in [-0.1, -0.05) is 6.92 Å². The molecule has 11 heteroatoms. The van der Waals surface area contributed by atoms with E-state index in [0.29, 0.717) is 25.3 Å². The second kappa shape index (κ2) is 9.45. The topological polar surface area (TPSA) is 111 Å². The first-order valence-corrected chi connectivity index (χ1v) is 9.57. The minimum absolute atomic E-state index is 0. The highest BCUT2D eigenvalue weighted by atomic mass is 35.5. The third-order valence-electron chi connectivity index (χ3n) is 3.72. The second-order valence-electron chi connectivity index (χ2n) is 5.78. The van der Waals surface area contributed by atoms with Crippen LogP contribution in [-0.2, 0) is 19.6 Å². The van der Waals surface area contributed by atoms with Crippen LogP contribution in [0.2, 0.25) is 0 Å². The lowest BCUT2D eigenvalue weighted by Gasteiger charge is -2.15. The Morgan fingerprint density at radius 2 is 1.92 bits per heavy atom. The molecule has 26 heavy (non-hydrogen) atoms. The lowest BCUT2D eigenvalue weighted by Crippen LogP contribution is -2.30. The van der Waals surface area contributed by atoms with Crippen LogP contribution in [0.4, 0.5) is 20.2 Å². The number of sulfonamides is 1. The van der Waals surface area contributed by atoms with Gasteiger partial charge in [0, 0.05) is 12.6 Å². The number of nitrogens with one attached hydrogen (secondary N) is 2. The van der Waals surface area contributed by atoms with Gasteiger partial charge in [0.15, 0.2) is 0 Å². The van der Waals surface area contributed by atoms with Gasteiger partial charge in [-0.25, -0.2) is 17.2 Å². The van der Waals surface area contributed by atoms with E-state index in [1.54, 1.807) is 6.92 Å². The van der Waals surface area contributed by atoms with Crippen molar-refractivity contribution in [3.8, 4) is 0 Å². The first-order chi connectivity index (χ1) is 11.8. The molecular formula is C15H22ClF2N3O4S. The van der Waals surface area contributed by atoms with Crippen molar-refractivity contribution in [1.82, 2.24) is 0 Å². The van der Waals surface area contributed by atoms with Crippen molar-refractivity contribution in [1.29, 1.82) is 0 Å². The standard InChI is InChI=1S/C15H21F2N3O4S.ClH/c1-2-5-25(22,23)20-13-7-12(10(16)6-11(13)17)19-15(21)14-4-3-9(8-18)24-14;/h6-7,9,14,20H,2-5,8,18H2,1H3,(H,19,21);1H/t9-,14+;/m1./s1. The largest absolute Gasteiger partial charge is 0.364 e. The van der Waals surface area contributed by atoms with E-state index in [9.17, 15) is 22.0 Å². The van der Waals surface area contributed by atoms with Gasteiger partial charge >= 0.3 is 0 Å². The summed E-state index contributed by atoms with van der Waals surface area (Å²) in [6.45, 7) is 1.93. The summed E-state index contributed by atoms with van der Waals surface area (Å²) in [7, 11) is -3.76. The summed E-state index contributed by atoms with van der Waals surface area (Å²) in [5, 5.41) is 2.30. The van der Waals surface area contributed by atoms with Gasteiger partial charge in [0.2, 0.25) is 10.0 Å². The molecule has 2 rings (SSSR count). The van der Waals surface area contributed by atoms with Crippen LogP contribution in [0, 0.1) is 11.6 Å². The molecule has 7 nitrogen and oxygen atoms in total. The molecule has 0 spiro atoms. The SMILES string of the molecule is CCCS(=O)(=O)Nc1cc(NC(=O)[C@@H]2CC[C@H](CN)O2)c(F)cc1F.Cl. The maximum absolute atomic E-state index is 13.9. The Bertz CT molecular complexity index is 749.